The molecule has 0 atom stereocenters. The van der Waals surface area contributed by atoms with Gasteiger partial charge < -0.3 is 5.32 Å². The first-order chi connectivity index (χ1) is 9.06. The van der Waals surface area contributed by atoms with Crippen LogP contribution in [0.4, 0.5) is 5.69 Å². The standard InChI is InChI=1S/C12H16N6O/c1-6-9(7(2)18(3)17-6)13-12(19)11-14-10(15-16-11)8-4-5-8/h8H,4-5H2,1-3H3,(H,13,19)(H,14,15,16). The molecule has 0 spiro atoms. The summed E-state index contributed by atoms with van der Waals surface area (Å²) in [6.45, 7) is 3.76. The lowest BCUT2D eigenvalue weighted by molar-refractivity contribution is 0.101. The number of rotatable bonds is 3. The molecule has 7 heteroatoms. The fourth-order valence-corrected chi connectivity index (χ4v) is 2.04. The van der Waals surface area contributed by atoms with Gasteiger partial charge in [-0.3, -0.25) is 14.6 Å². The van der Waals surface area contributed by atoms with E-state index in [1.807, 2.05) is 20.9 Å². The van der Waals surface area contributed by atoms with E-state index >= 15 is 0 Å². The van der Waals surface area contributed by atoms with Gasteiger partial charge in [0.25, 0.3) is 5.91 Å². The van der Waals surface area contributed by atoms with Gasteiger partial charge in [0, 0.05) is 13.0 Å². The molecule has 7 nitrogen and oxygen atoms in total. The average Bonchev–Trinajstić information content (AvgIpc) is 3.06. The minimum Gasteiger partial charge on any atom is -0.316 e. The molecule has 2 aromatic heterocycles. The van der Waals surface area contributed by atoms with Crippen LogP contribution in [0.15, 0.2) is 0 Å². The number of anilines is 1. The first-order valence-electron chi connectivity index (χ1n) is 6.30. The lowest BCUT2D eigenvalue weighted by Crippen LogP contribution is -2.15. The number of hydrogen-bond acceptors (Lipinski definition) is 4. The highest BCUT2D eigenvalue weighted by atomic mass is 16.2. The maximum absolute atomic E-state index is 12.1. The summed E-state index contributed by atoms with van der Waals surface area (Å²) in [4.78, 5) is 16.3. The van der Waals surface area contributed by atoms with Gasteiger partial charge in [-0.15, -0.1) is 5.10 Å². The molecule has 2 N–H and O–H groups in total. The van der Waals surface area contributed by atoms with Crippen LogP contribution in [0.5, 0.6) is 0 Å². The lowest BCUT2D eigenvalue weighted by atomic mass is 10.3. The third-order valence-corrected chi connectivity index (χ3v) is 3.42. The van der Waals surface area contributed by atoms with Crippen molar-refractivity contribution in [3.8, 4) is 0 Å². The van der Waals surface area contributed by atoms with E-state index in [0.29, 0.717) is 5.92 Å². The van der Waals surface area contributed by atoms with Crippen molar-refractivity contribution in [2.75, 3.05) is 5.32 Å². The van der Waals surface area contributed by atoms with Gasteiger partial charge in [-0.2, -0.15) is 5.10 Å². The summed E-state index contributed by atoms with van der Waals surface area (Å²) in [5.41, 5.74) is 2.42. The van der Waals surface area contributed by atoms with E-state index in [9.17, 15) is 4.79 Å². The monoisotopic (exact) mass is 260 g/mol. The molecule has 0 aromatic carbocycles. The third-order valence-electron chi connectivity index (χ3n) is 3.42. The molecule has 3 rings (SSSR count). The lowest BCUT2D eigenvalue weighted by Gasteiger charge is -2.02. The van der Waals surface area contributed by atoms with Crippen LogP contribution >= 0.6 is 0 Å². The molecule has 1 fully saturated rings. The van der Waals surface area contributed by atoms with E-state index in [0.717, 1.165) is 35.7 Å². The number of nitrogens with one attached hydrogen (secondary N) is 2. The molecule has 0 unspecified atom stereocenters. The molecule has 19 heavy (non-hydrogen) atoms. The van der Waals surface area contributed by atoms with Gasteiger partial charge in [0.1, 0.15) is 5.82 Å². The summed E-state index contributed by atoms with van der Waals surface area (Å²) < 4.78 is 1.73. The molecule has 0 saturated heterocycles. The van der Waals surface area contributed by atoms with Crippen LogP contribution in [0.25, 0.3) is 0 Å². The molecule has 0 radical (unpaired) electrons. The highest BCUT2D eigenvalue weighted by Gasteiger charge is 2.28. The number of amides is 1. The van der Waals surface area contributed by atoms with Crippen LogP contribution in [0.1, 0.15) is 46.6 Å². The quantitative estimate of drug-likeness (QED) is 0.870. The maximum atomic E-state index is 12.1. The number of aromatic nitrogens is 5. The Bertz CT molecular complexity index is 637. The van der Waals surface area contributed by atoms with Gasteiger partial charge in [0.15, 0.2) is 0 Å². The summed E-state index contributed by atoms with van der Waals surface area (Å²) in [5.74, 6) is 1.15. The number of aryl methyl sites for hydroxylation is 2. The molecule has 2 heterocycles. The Morgan fingerprint density at radius 2 is 2.16 bits per heavy atom. The molecule has 0 aliphatic heterocycles. The molecule has 1 aliphatic carbocycles. The predicted octanol–water partition coefficient (Wildman–Crippen LogP) is 1.28. The zero-order valence-electron chi connectivity index (χ0n) is 11.2. The molecule has 2 aromatic rings. The van der Waals surface area contributed by atoms with Crippen LogP contribution in [0.2, 0.25) is 0 Å². The fourth-order valence-electron chi connectivity index (χ4n) is 2.04. The minimum atomic E-state index is -0.303. The number of aromatic amines is 1. The number of carbonyl (C=O) groups is 1. The average molecular weight is 260 g/mol. The second-order valence-corrected chi connectivity index (χ2v) is 4.94. The first kappa shape index (κ1) is 11.9. The first-order valence-corrected chi connectivity index (χ1v) is 6.30. The van der Waals surface area contributed by atoms with Crippen molar-refractivity contribution in [1.29, 1.82) is 0 Å². The molecule has 1 amide bonds. The van der Waals surface area contributed by atoms with Gasteiger partial charge in [0.05, 0.1) is 17.1 Å². The topological polar surface area (TPSA) is 88.5 Å². The second kappa shape index (κ2) is 4.18. The van der Waals surface area contributed by atoms with Gasteiger partial charge >= 0.3 is 0 Å². The smallest absolute Gasteiger partial charge is 0.295 e. The zero-order valence-corrected chi connectivity index (χ0v) is 11.2. The molecule has 1 saturated carbocycles. The highest BCUT2D eigenvalue weighted by Crippen LogP contribution is 2.37. The SMILES string of the molecule is Cc1nn(C)c(C)c1NC(=O)c1n[nH]c(C2CC2)n1. The van der Waals surface area contributed by atoms with Crippen molar-refractivity contribution in [2.24, 2.45) is 7.05 Å². The van der Waals surface area contributed by atoms with Crippen molar-refractivity contribution in [3.05, 3.63) is 23.0 Å². The van der Waals surface area contributed by atoms with Crippen molar-refractivity contribution < 1.29 is 4.79 Å². The Hall–Kier alpha value is -2.18. The summed E-state index contributed by atoms with van der Waals surface area (Å²) in [6.07, 6.45) is 2.24. The Kier molecular flexibility index (Phi) is 2.62. The van der Waals surface area contributed by atoms with Gasteiger partial charge in [-0.25, -0.2) is 4.98 Å². The summed E-state index contributed by atoms with van der Waals surface area (Å²) in [5, 5.41) is 13.9. The maximum Gasteiger partial charge on any atom is 0.295 e. The van der Waals surface area contributed by atoms with E-state index in [2.05, 4.69) is 25.6 Å². The van der Waals surface area contributed by atoms with Crippen molar-refractivity contribution in [3.63, 3.8) is 0 Å². The second-order valence-electron chi connectivity index (χ2n) is 4.94. The number of nitrogens with zero attached hydrogens (tertiary/aromatic N) is 4. The van der Waals surface area contributed by atoms with E-state index in [1.165, 1.54) is 0 Å². The van der Waals surface area contributed by atoms with E-state index in [4.69, 9.17) is 0 Å². The molecular formula is C12H16N6O. The van der Waals surface area contributed by atoms with Crippen LogP contribution < -0.4 is 5.32 Å². The van der Waals surface area contributed by atoms with Crippen LogP contribution in [-0.2, 0) is 7.05 Å². The van der Waals surface area contributed by atoms with Crippen LogP contribution in [-0.4, -0.2) is 30.9 Å². The van der Waals surface area contributed by atoms with Crippen molar-refractivity contribution in [1.82, 2.24) is 25.0 Å². The van der Waals surface area contributed by atoms with Gasteiger partial charge in [-0.1, -0.05) is 0 Å². The van der Waals surface area contributed by atoms with Gasteiger partial charge in [0.2, 0.25) is 5.82 Å². The summed E-state index contributed by atoms with van der Waals surface area (Å²) in [6, 6.07) is 0. The highest BCUT2D eigenvalue weighted by molar-refractivity contribution is 6.02. The molecule has 100 valence electrons. The fraction of sp³-hybridized carbons (Fsp3) is 0.500. The number of carbonyl (C=O) groups excluding carboxylic acids is 1. The minimum absolute atomic E-state index is 0.185. The molecule has 0 bridgehead atoms. The normalized spacial score (nSPS) is 14.7. The van der Waals surface area contributed by atoms with Gasteiger partial charge in [-0.05, 0) is 26.7 Å². The molecular weight excluding hydrogens is 244 g/mol. The summed E-state index contributed by atoms with van der Waals surface area (Å²) in [7, 11) is 1.84. The zero-order chi connectivity index (χ0) is 13.6. The Balaban J connectivity index is 1.79. The van der Waals surface area contributed by atoms with Crippen molar-refractivity contribution in [2.45, 2.75) is 32.6 Å². The third kappa shape index (κ3) is 2.11. The largest absolute Gasteiger partial charge is 0.316 e. The van der Waals surface area contributed by atoms with E-state index in [-0.39, 0.29) is 11.7 Å². The summed E-state index contributed by atoms with van der Waals surface area (Å²) >= 11 is 0. The Morgan fingerprint density at radius 3 is 2.74 bits per heavy atom. The predicted molar refractivity (Wildman–Crippen MR) is 69.0 cm³/mol. The van der Waals surface area contributed by atoms with E-state index in [1.54, 1.807) is 4.68 Å². The van der Waals surface area contributed by atoms with Crippen LogP contribution in [0.3, 0.4) is 0 Å². The number of hydrogen-bond donors (Lipinski definition) is 2. The number of H-pyrrole nitrogens is 1. The van der Waals surface area contributed by atoms with Crippen molar-refractivity contribution >= 4 is 11.6 Å². The molecule has 1 aliphatic rings. The van der Waals surface area contributed by atoms with E-state index < -0.39 is 0 Å². The Morgan fingerprint density at radius 1 is 1.42 bits per heavy atom. The Labute approximate surface area is 110 Å². The van der Waals surface area contributed by atoms with Crippen LogP contribution in [0, 0.1) is 13.8 Å².